The summed E-state index contributed by atoms with van der Waals surface area (Å²) in [5.74, 6) is 0. The second-order valence-electron chi connectivity index (χ2n) is 10.9. The molecule has 2 aliphatic rings. The van der Waals surface area contributed by atoms with Gasteiger partial charge in [-0.2, -0.15) is 0 Å². The van der Waals surface area contributed by atoms with E-state index in [1.807, 2.05) is 0 Å². The fraction of sp³-hybridized carbons (Fsp3) is 0.900. The summed E-state index contributed by atoms with van der Waals surface area (Å²) in [6.45, 7) is 23.3. The Morgan fingerprint density at radius 1 is 0.731 bits per heavy atom. The lowest BCUT2D eigenvalue weighted by atomic mass is 9.68. The molecule has 4 nitrogen and oxygen atoms in total. The number of rotatable bonds is 4. The molecule has 2 saturated heterocycles. The minimum Gasteiger partial charge on any atom is -0.403 e. The van der Waals surface area contributed by atoms with E-state index in [0.717, 1.165) is 12.7 Å². The van der Waals surface area contributed by atoms with Gasteiger partial charge < -0.3 is 18.6 Å². The van der Waals surface area contributed by atoms with E-state index in [1.54, 1.807) is 0 Å². The van der Waals surface area contributed by atoms with E-state index >= 15 is 0 Å². The average molecular weight is 364 g/mol. The summed E-state index contributed by atoms with van der Waals surface area (Å²) in [5, 5.41) is 0. The fourth-order valence-electron chi connectivity index (χ4n) is 3.18. The lowest BCUT2D eigenvalue weighted by Gasteiger charge is -2.32. The molecule has 0 radical (unpaired) electrons. The van der Waals surface area contributed by atoms with Gasteiger partial charge in [-0.05, 0) is 79.0 Å². The van der Waals surface area contributed by atoms with Gasteiger partial charge in [0, 0.05) is 0 Å². The summed E-state index contributed by atoms with van der Waals surface area (Å²) >= 11 is 0. The van der Waals surface area contributed by atoms with Crippen LogP contribution in [0, 0.1) is 5.41 Å². The first-order valence-electron chi connectivity index (χ1n) is 9.89. The number of hydrogen-bond donors (Lipinski definition) is 0. The van der Waals surface area contributed by atoms with Gasteiger partial charge in [0.25, 0.3) is 0 Å². The molecule has 0 aromatic rings. The smallest absolute Gasteiger partial charge is 0.403 e. The standard InChI is InChI=1S/C20H38B2O4/c1-16(2,3)14-15(22-25-19(8,9)20(10,11)26-22)12-13-21-23-17(4,5)18(6,7)24-21/h14H,12-13H2,1-11H3/b15-14-. The quantitative estimate of drug-likeness (QED) is 0.653. The molecule has 2 aliphatic heterocycles. The summed E-state index contributed by atoms with van der Waals surface area (Å²) in [7, 11) is -0.521. The zero-order chi connectivity index (χ0) is 20.2. The highest BCUT2D eigenvalue weighted by Gasteiger charge is 2.54. The van der Waals surface area contributed by atoms with Gasteiger partial charge in [0.1, 0.15) is 0 Å². The molecule has 0 spiro atoms. The van der Waals surface area contributed by atoms with Crippen LogP contribution in [0.5, 0.6) is 0 Å². The van der Waals surface area contributed by atoms with Gasteiger partial charge in [0.2, 0.25) is 0 Å². The number of hydrogen-bond acceptors (Lipinski definition) is 4. The van der Waals surface area contributed by atoms with Crippen molar-refractivity contribution in [2.75, 3.05) is 0 Å². The molecule has 0 unspecified atom stereocenters. The van der Waals surface area contributed by atoms with Crippen LogP contribution >= 0.6 is 0 Å². The monoisotopic (exact) mass is 364 g/mol. The van der Waals surface area contributed by atoms with Gasteiger partial charge in [0.05, 0.1) is 22.4 Å². The molecular formula is C20H38B2O4. The predicted molar refractivity (Wildman–Crippen MR) is 109 cm³/mol. The molecule has 2 rings (SSSR count). The summed E-state index contributed by atoms with van der Waals surface area (Å²) in [5.41, 5.74) is -0.0376. The van der Waals surface area contributed by atoms with Crippen molar-refractivity contribution in [2.24, 2.45) is 5.41 Å². The molecule has 6 heteroatoms. The molecule has 0 aliphatic carbocycles. The molecule has 0 saturated carbocycles. The molecule has 2 fully saturated rings. The van der Waals surface area contributed by atoms with Gasteiger partial charge >= 0.3 is 14.2 Å². The third-order valence-electron chi connectivity index (χ3n) is 6.15. The molecular weight excluding hydrogens is 326 g/mol. The molecule has 2 heterocycles. The van der Waals surface area contributed by atoms with Crippen LogP contribution in [0.2, 0.25) is 6.32 Å². The minimum atomic E-state index is -0.334. The predicted octanol–water partition coefficient (Wildman–Crippen LogP) is 5.07. The van der Waals surface area contributed by atoms with Crippen molar-refractivity contribution in [3.8, 4) is 0 Å². The Balaban J connectivity index is 2.13. The first kappa shape index (κ1) is 22.0. The summed E-state index contributed by atoms with van der Waals surface area (Å²) in [6, 6.07) is 0. The normalized spacial score (nSPS) is 27.3. The van der Waals surface area contributed by atoms with Gasteiger partial charge in [-0.25, -0.2) is 0 Å². The number of allylic oxidation sites excluding steroid dienone is 2. The second-order valence-corrected chi connectivity index (χ2v) is 10.9. The van der Waals surface area contributed by atoms with Gasteiger partial charge in [-0.1, -0.05) is 26.8 Å². The fourth-order valence-corrected chi connectivity index (χ4v) is 3.18. The van der Waals surface area contributed by atoms with Gasteiger partial charge in [-0.15, -0.1) is 0 Å². The van der Waals surface area contributed by atoms with Crippen LogP contribution in [0.25, 0.3) is 0 Å². The molecule has 0 N–H and O–H groups in total. The Bertz CT molecular complexity index is 527. The lowest BCUT2D eigenvalue weighted by molar-refractivity contribution is 0.00578. The minimum absolute atomic E-state index is 0.0505. The zero-order valence-corrected chi connectivity index (χ0v) is 18.8. The summed E-state index contributed by atoms with van der Waals surface area (Å²) in [6.07, 6.45) is 3.89. The summed E-state index contributed by atoms with van der Waals surface area (Å²) < 4.78 is 24.9. The van der Waals surface area contributed by atoms with Crippen LogP contribution in [0.1, 0.15) is 82.6 Å². The topological polar surface area (TPSA) is 36.9 Å². The Morgan fingerprint density at radius 3 is 1.50 bits per heavy atom. The SMILES string of the molecule is CC(C)(C)/C=C(/CCB1OC(C)(C)C(C)(C)O1)B1OC(C)(C)C(C)(C)O1. The van der Waals surface area contributed by atoms with Crippen molar-refractivity contribution in [2.45, 2.75) is 111 Å². The van der Waals surface area contributed by atoms with Crippen molar-refractivity contribution in [1.82, 2.24) is 0 Å². The first-order chi connectivity index (χ1) is 11.5. The molecule has 0 atom stereocenters. The summed E-state index contributed by atoms with van der Waals surface area (Å²) in [4.78, 5) is 0. The Morgan fingerprint density at radius 2 is 1.12 bits per heavy atom. The highest BCUT2D eigenvalue weighted by molar-refractivity contribution is 6.55. The Labute approximate surface area is 161 Å². The lowest BCUT2D eigenvalue weighted by Crippen LogP contribution is -2.41. The van der Waals surface area contributed by atoms with Crippen LogP contribution in [0.15, 0.2) is 11.5 Å². The second kappa shape index (κ2) is 6.65. The van der Waals surface area contributed by atoms with Crippen LogP contribution in [-0.2, 0) is 18.6 Å². The van der Waals surface area contributed by atoms with Crippen LogP contribution in [-0.4, -0.2) is 36.6 Å². The first-order valence-corrected chi connectivity index (χ1v) is 9.89. The van der Waals surface area contributed by atoms with E-state index in [-0.39, 0.29) is 42.1 Å². The van der Waals surface area contributed by atoms with Crippen molar-refractivity contribution < 1.29 is 18.6 Å². The van der Waals surface area contributed by atoms with Crippen molar-refractivity contribution in [3.63, 3.8) is 0 Å². The van der Waals surface area contributed by atoms with Crippen LogP contribution in [0.4, 0.5) is 0 Å². The molecule has 0 aromatic heterocycles. The largest absolute Gasteiger partial charge is 0.490 e. The molecule has 0 amide bonds. The van der Waals surface area contributed by atoms with E-state index < -0.39 is 0 Å². The maximum absolute atomic E-state index is 6.30. The average Bonchev–Trinajstić information content (AvgIpc) is 2.72. The van der Waals surface area contributed by atoms with Crippen molar-refractivity contribution in [1.29, 1.82) is 0 Å². The van der Waals surface area contributed by atoms with E-state index in [0.29, 0.717) is 0 Å². The highest BCUT2D eigenvalue weighted by Crippen LogP contribution is 2.42. The van der Waals surface area contributed by atoms with E-state index in [9.17, 15) is 0 Å². The van der Waals surface area contributed by atoms with Crippen molar-refractivity contribution >= 4 is 14.2 Å². The third-order valence-corrected chi connectivity index (χ3v) is 6.15. The zero-order valence-electron chi connectivity index (χ0n) is 18.8. The van der Waals surface area contributed by atoms with Crippen LogP contribution in [0.3, 0.4) is 0 Å². The van der Waals surface area contributed by atoms with E-state index in [4.69, 9.17) is 18.6 Å². The highest BCUT2D eigenvalue weighted by atomic mass is 16.7. The van der Waals surface area contributed by atoms with E-state index in [2.05, 4.69) is 82.2 Å². The van der Waals surface area contributed by atoms with Crippen LogP contribution < -0.4 is 0 Å². The Hall–Kier alpha value is -0.290. The Kier molecular flexibility index (Phi) is 5.63. The van der Waals surface area contributed by atoms with Crippen molar-refractivity contribution in [3.05, 3.63) is 11.5 Å². The molecule has 0 aromatic carbocycles. The molecule has 148 valence electrons. The third kappa shape index (κ3) is 4.57. The molecule has 0 bridgehead atoms. The van der Waals surface area contributed by atoms with E-state index in [1.165, 1.54) is 5.47 Å². The molecule has 26 heavy (non-hydrogen) atoms. The van der Waals surface area contributed by atoms with Gasteiger partial charge in [-0.3, -0.25) is 0 Å². The maximum Gasteiger partial charge on any atom is 0.490 e. The maximum atomic E-state index is 6.30. The van der Waals surface area contributed by atoms with Gasteiger partial charge in [0.15, 0.2) is 0 Å².